The molecule has 0 atom stereocenters. The Morgan fingerprint density at radius 3 is 2.36 bits per heavy atom. The second-order valence-corrected chi connectivity index (χ2v) is 7.44. The van der Waals surface area contributed by atoms with Crippen molar-refractivity contribution in [3.63, 3.8) is 0 Å². The molecular formula is C26H23FN4O2. The number of hydrogen-bond donors (Lipinski definition) is 1. The van der Waals surface area contributed by atoms with Gasteiger partial charge in [0, 0.05) is 24.0 Å². The fourth-order valence-electron chi connectivity index (χ4n) is 4.00. The fourth-order valence-corrected chi connectivity index (χ4v) is 4.00. The van der Waals surface area contributed by atoms with Gasteiger partial charge in [-0.15, -0.1) is 0 Å². The van der Waals surface area contributed by atoms with Crippen molar-refractivity contribution in [2.75, 3.05) is 5.73 Å². The van der Waals surface area contributed by atoms with E-state index >= 15 is 0 Å². The zero-order valence-corrected chi connectivity index (χ0v) is 18.4. The Morgan fingerprint density at radius 1 is 1.00 bits per heavy atom. The molecule has 0 unspecified atom stereocenters. The van der Waals surface area contributed by atoms with Gasteiger partial charge in [0.15, 0.2) is 6.29 Å². The summed E-state index contributed by atoms with van der Waals surface area (Å²) in [4.78, 5) is 35.0. The first kappa shape index (κ1) is 22.1. The van der Waals surface area contributed by atoms with Crippen LogP contribution < -0.4 is 5.73 Å². The number of halogens is 1. The van der Waals surface area contributed by atoms with Crippen molar-refractivity contribution in [2.45, 2.75) is 26.9 Å². The van der Waals surface area contributed by atoms with E-state index in [0.717, 1.165) is 11.1 Å². The molecule has 1 aromatic heterocycles. The van der Waals surface area contributed by atoms with Gasteiger partial charge >= 0.3 is 0 Å². The summed E-state index contributed by atoms with van der Waals surface area (Å²) < 4.78 is 13.6. The third kappa shape index (κ3) is 4.17. The Bertz CT molecular complexity index is 1350. The van der Waals surface area contributed by atoms with Crippen LogP contribution in [0.25, 0.3) is 22.0 Å². The number of fused-ring (bicyclic) bond motifs is 2. The van der Waals surface area contributed by atoms with E-state index in [9.17, 15) is 14.0 Å². The highest BCUT2D eigenvalue weighted by molar-refractivity contribution is 6.06. The van der Waals surface area contributed by atoms with Gasteiger partial charge in [-0.05, 0) is 46.5 Å². The lowest BCUT2D eigenvalue weighted by Gasteiger charge is -2.17. The lowest BCUT2D eigenvalue weighted by atomic mass is 9.98. The largest absolute Gasteiger partial charge is 0.368 e. The number of nitrogen functional groups attached to an aromatic ring is 1. The number of carbonyl (C=O) groups is 2. The quantitative estimate of drug-likeness (QED) is 0.451. The molecule has 1 aliphatic heterocycles. The average Bonchev–Trinajstić information content (AvgIpc) is 3.28. The van der Waals surface area contributed by atoms with Gasteiger partial charge in [-0.25, -0.2) is 14.4 Å². The number of aromatic nitrogens is 2. The maximum atomic E-state index is 13.6. The standard InChI is InChI=1S/C24H17FN4O2.C2H6/c25-18-6-7-19(17(9-18)13-30)14-5-8-21-20(10-14)22(28-24(26)27-21)23(31)29-11-15-3-1-2-4-16(15)12-29;1-2/h1-10,13H,11-12H2,(H2,26,27,28);1-2H3. The molecule has 1 amide bonds. The molecule has 7 heteroatoms. The molecule has 0 aliphatic carbocycles. The summed E-state index contributed by atoms with van der Waals surface area (Å²) in [6, 6.07) is 17.1. The van der Waals surface area contributed by atoms with Crippen molar-refractivity contribution >= 4 is 29.0 Å². The van der Waals surface area contributed by atoms with Gasteiger partial charge in [0.1, 0.15) is 11.5 Å². The summed E-state index contributed by atoms with van der Waals surface area (Å²) in [5.41, 5.74) is 10.2. The number of carbonyl (C=O) groups excluding carboxylic acids is 2. The minimum absolute atomic E-state index is 0.00988. The number of nitrogens with zero attached hydrogens (tertiary/aromatic N) is 3. The molecule has 0 saturated carbocycles. The molecule has 0 bridgehead atoms. The van der Waals surface area contributed by atoms with Gasteiger partial charge in [-0.3, -0.25) is 9.59 Å². The van der Waals surface area contributed by atoms with E-state index in [-0.39, 0.29) is 23.1 Å². The minimum atomic E-state index is -0.493. The topological polar surface area (TPSA) is 89.2 Å². The summed E-state index contributed by atoms with van der Waals surface area (Å²) in [5.74, 6) is -0.731. The van der Waals surface area contributed by atoms with Crippen LogP contribution in [0.4, 0.5) is 10.3 Å². The second kappa shape index (κ2) is 9.16. The van der Waals surface area contributed by atoms with Crippen LogP contribution in [0, 0.1) is 5.82 Å². The first-order valence-corrected chi connectivity index (χ1v) is 10.7. The molecular weight excluding hydrogens is 419 g/mol. The molecule has 0 fully saturated rings. The molecule has 0 saturated heterocycles. The molecule has 0 spiro atoms. The van der Waals surface area contributed by atoms with Crippen LogP contribution in [-0.4, -0.2) is 27.1 Å². The normalized spacial score (nSPS) is 12.2. The molecule has 2 heterocycles. The third-order valence-electron chi connectivity index (χ3n) is 5.50. The van der Waals surface area contributed by atoms with Gasteiger partial charge in [-0.1, -0.05) is 50.2 Å². The lowest BCUT2D eigenvalue weighted by Crippen LogP contribution is -2.27. The summed E-state index contributed by atoms with van der Waals surface area (Å²) in [6.07, 6.45) is 0.607. The van der Waals surface area contributed by atoms with Crippen LogP contribution in [0.2, 0.25) is 0 Å². The molecule has 2 N–H and O–H groups in total. The van der Waals surface area contributed by atoms with Crippen molar-refractivity contribution in [1.29, 1.82) is 0 Å². The molecule has 33 heavy (non-hydrogen) atoms. The highest BCUT2D eigenvalue weighted by Crippen LogP contribution is 2.30. The molecule has 0 radical (unpaired) electrons. The molecule has 6 nitrogen and oxygen atoms in total. The Morgan fingerprint density at radius 2 is 1.70 bits per heavy atom. The van der Waals surface area contributed by atoms with Gasteiger partial charge in [0.2, 0.25) is 5.95 Å². The minimum Gasteiger partial charge on any atom is -0.368 e. The first-order valence-electron chi connectivity index (χ1n) is 10.7. The van der Waals surface area contributed by atoms with E-state index < -0.39 is 5.82 Å². The zero-order valence-electron chi connectivity index (χ0n) is 18.4. The van der Waals surface area contributed by atoms with Gasteiger partial charge in [0.05, 0.1) is 5.52 Å². The van der Waals surface area contributed by atoms with E-state index in [1.807, 2.05) is 38.1 Å². The maximum absolute atomic E-state index is 13.6. The van der Waals surface area contributed by atoms with Crippen LogP contribution in [0.15, 0.2) is 60.7 Å². The maximum Gasteiger partial charge on any atom is 0.273 e. The Balaban J connectivity index is 0.00000126. The predicted octanol–water partition coefficient (Wildman–Crippen LogP) is 5.01. The highest BCUT2D eigenvalue weighted by Gasteiger charge is 2.27. The van der Waals surface area contributed by atoms with Crippen molar-refractivity contribution in [3.05, 3.63) is 88.9 Å². The van der Waals surface area contributed by atoms with E-state index in [1.165, 1.54) is 18.2 Å². The Kier molecular flexibility index (Phi) is 6.13. The van der Waals surface area contributed by atoms with E-state index in [0.29, 0.717) is 41.4 Å². The SMILES string of the molecule is CC.Nc1nc(C(=O)N2Cc3ccccc3C2)c2cc(-c3ccc(F)cc3C=O)ccc2n1. The predicted molar refractivity (Wildman–Crippen MR) is 126 cm³/mol. The summed E-state index contributed by atoms with van der Waals surface area (Å²) in [5, 5.41) is 0.522. The summed E-state index contributed by atoms with van der Waals surface area (Å²) in [6.45, 7) is 4.99. The average molecular weight is 442 g/mol. The van der Waals surface area contributed by atoms with Crippen LogP contribution >= 0.6 is 0 Å². The summed E-state index contributed by atoms with van der Waals surface area (Å²) in [7, 11) is 0. The van der Waals surface area contributed by atoms with E-state index in [2.05, 4.69) is 9.97 Å². The van der Waals surface area contributed by atoms with Crippen molar-refractivity contribution in [1.82, 2.24) is 14.9 Å². The smallest absolute Gasteiger partial charge is 0.273 e. The summed E-state index contributed by atoms with van der Waals surface area (Å²) >= 11 is 0. The Hall–Kier alpha value is -4.13. The number of benzene rings is 3. The highest BCUT2D eigenvalue weighted by atomic mass is 19.1. The number of amides is 1. The fraction of sp³-hybridized carbons (Fsp3) is 0.154. The van der Waals surface area contributed by atoms with Crippen molar-refractivity contribution < 1.29 is 14.0 Å². The van der Waals surface area contributed by atoms with Gasteiger partial charge in [0.25, 0.3) is 5.91 Å². The number of nitrogens with two attached hydrogens (primary N) is 1. The van der Waals surface area contributed by atoms with E-state index in [1.54, 1.807) is 23.1 Å². The number of anilines is 1. The molecule has 4 aromatic rings. The second-order valence-electron chi connectivity index (χ2n) is 7.44. The van der Waals surface area contributed by atoms with Crippen LogP contribution in [0.5, 0.6) is 0 Å². The molecule has 1 aliphatic rings. The Labute approximate surface area is 190 Å². The van der Waals surface area contributed by atoms with Crippen molar-refractivity contribution in [2.24, 2.45) is 0 Å². The molecule has 3 aromatic carbocycles. The number of rotatable bonds is 3. The first-order chi connectivity index (χ1) is 16.0. The monoisotopic (exact) mass is 442 g/mol. The van der Waals surface area contributed by atoms with E-state index in [4.69, 9.17) is 5.73 Å². The van der Waals surface area contributed by atoms with Crippen LogP contribution in [-0.2, 0) is 13.1 Å². The zero-order chi connectivity index (χ0) is 23.5. The van der Waals surface area contributed by atoms with Gasteiger partial charge in [-0.2, -0.15) is 0 Å². The number of aldehydes is 1. The van der Waals surface area contributed by atoms with Crippen molar-refractivity contribution in [3.8, 4) is 11.1 Å². The van der Waals surface area contributed by atoms with Crippen LogP contribution in [0.3, 0.4) is 0 Å². The number of hydrogen-bond acceptors (Lipinski definition) is 5. The molecule has 5 rings (SSSR count). The third-order valence-corrected chi connectivity index (χ3v) is 5.50. The van der Waals surface area contributed by atoms with Crippen LogP contribution in [0.1, 0.15) is 45.8 Å². The van der Waals surface area contributed by atoms with Gasteiger partial charge < -0.3 is 10.6 Å². The molecule has 166 valence electrons. The lowest BCUT2D eigenvalue weighted by molar-refractivity contribution is 0.0747.